The third-order valence-corrected chi connectivity index (χ3v) is 6.42. The largest absolute Gasteiger partial charge is 0.469 e. The molecule has 2 aliphatic heterocycles. The molecule has 0 bridgehead atoms. The molecular formula is C16H24N2O4S. The third-order valence-electron chi connectivity index (χ3n) is 4.71. The fourth-order valence-corrected chi connectivity index (χ4v) is 5.50. The second-order valence-electron chi connectivity index (χ2n) is 6.49. The average Bonchev–Trinajstić information content (AvgIpc) is 3.13. The van der Waals surface area contributed by atoms with Gasteiger partial charge < -0.3 is 9.73 Å². The highest BCUT2D eigenvalue weighted by Gasteiger charge is 2.41. The van der Waals surface area contributed by atoms with Gasteiger partial charge in [-0.1, -0.05) is 6.42 Å². The summed E-state index contributed by atoms with van der Waals surface area (Å²) in [4.78, 5) is 14.4. The first-order valence-corrected chi connectivity index (χ1v) is 10.1. The van der Waals surface area contributed by atoms with E-state index in [1.165, 1.54) is 6.42 Å². The lowest BCUT2D eigenvalue weighted by molar-refractivity contribution is -0.122. The molecule has 6 nitrogen and oxygen atoms in total. The predicted octanol–water partition coefficient (Wildman–Crippen LogP) is 0.980. The summed E-state index contributed by atoms with van der Waals surface area (Å²) in [7, 11) is -3.07. The lowest BCUT2D eigenvalue weighted by Crippen LogP contribution is -2.52. The number of furan rings is 1. The molecule has 2 unspecified atom stereocenters. The highest BCUT2D eigenvalue weighted by Crippen LogP contribution is 2.22. The molecule has 3 rings (SSSR count). The van der Waals surface area contributed by atoms with Crippen molar-refractivity contribution in [3.63, 3.8) is 0 Å². The van der Waals surface area contributed by atoms with Gasteiger partial charge >= 0.3 is 0 Å². The van der Waals surface area contributed by atoms with E-state index in [9.17, 15) is 13.2 Å². The highest BCUT2D eigenvalue weighted by atomic mass is 32.2. The molecule has 7 heteroatoms. The summed E-state index contributed by atoms with van der Waals surface area (Å²) in [6.45, 7) is 1.86. The Hall–Kier alpha value is -1.34. The lowest BCUT2D eigenvalue weighted by atomic mass is 10.0. The molecule has 3 heterocycles. The van der Waals surface area contributed by atoms with Gasteiger partial charge in [0.15, 0.2) is 9.84 Å². The van der Waals surface area contributed by atoms with E-state index in [0.717, 1.165) is 31.7 Å². The smallest absolute Gasteiger partial charge is 0.220 e. The Labute approximate surface area is 137 Å². The Balaban J connectivity index is 1.58. The van der Waals surface area contributed by atoms with Gasteiger partial charge in [-0.2, -0.15) is 0 Å². The van der Waals surface area contributed by atoms with Gasteiger partial charge in [0.25, 0.3) is 0 Å². The van der Waals surface area contributed by atoms with Crippen LogP contribution < -0.4 is 5.32 Å². The molecule has 2 saturated heterocycles. The summed E-state index contributed by atoms with van der Waals surface area (Å²) < 4.78 is 29.3. The molecule has 23 heavy (non-hydrogen) atoms. The van der Waals surface area contributed by atoms with E-state index in [2.05, 4.69) is 10.2 Å². The summed E-state index contributed by atoms with van der Waals surface area (Å²) in [5, 5.41) is 2.94. The number of piperidine rings is 1. The van der Waals surface area contributed by atoms with Crippen LogP contribution in [0.4, 0.5) is 0 Å². The summed E-state index contributed by atoms with van der Waals surface area (Å²) in [6, 6.07) is 3.27. The van der Waals surface area contributed by atoms with E-state index in [-0.39, 0.29) is 29.5 Å². The standard InChI is InChI=1S/C16H24N2O4S/c19-16(7-6-13-5-4-10-22-13)17-14-11-23(20,21)12-15(14)18-8-2-1-3-9-18/h4-5,10,14-15H,1-3,6-9,11-12H2,(H,17,19). The van der Waals surface area contributed by atoms with Crippen LogP contribution in [0.1, 0.15) is 31.4 Å². The molecule has 2 atom stereocenters. The zero-order valence-corrected chi connectivity index (χ0v) is 14.1. The monoisotopic (exact) mass is 340 g/mol. The molecule has 2 aliphatic rings. The van der Waals surface area contributed by atoms with Crippen molar-refractivity contribution in [1.29, 1.82) is 0 Å². The van der Waals surface area contributed by atoms with Gasteiger partial charge in [-0.15, -0.1) is 0 Å². The van der Waals surface area contributed by atoms with Crippen molar-refractivity contribution in [2.24, 2.45) is 0 Å². The summed E-state index contributed by atoms with van der Waals surface area (Å²) >= 11 is 0. The minimum absolute atomic E-state index is 0.0562. The number of amides is 1. The van der Waals surface area contributed by atoms with Crippen LogP contribution >= 0.6 is 0 Å². The van der Waals surface area contributed by atoms with Gasteiger partial charge in [-0.3, -0.25) is 9.69 Å². The van der Waals surface area contributed by atoms with Crippen molar-refractivity contribution in [1.82, 2.24) is 10.2 Å². The molecule has 1 aromatic heterocycles. The van der Waals surface area contributed by atoms with Crippen molar-refractivity contribution in [2.75, 3.05) is 24.6 Å². The van der Waals surface area contributed by atoms with Crippen molar-refractivity contribution >= 4 is 15.7 Å². The van der Waals surface area contributed by atoms with Crippen LogP contribution in [0.3, 0.4) is 0 Å². The Morgan fingerprint density at radius 2 is 2.04 bits per heavy atom. The number of aryl methyl sites for hydroxylation is 1. The first-order valence-electron chi connectivity index (χ1n) is 8.30. The Morgan fingerprint density at radius 1 is 1.26 bits per heavy atom. The number of nitrogens with zero attached hydrogens (tertiary/aromatic N) is 1. The summed E-state index contributed by atoms with van der Waals surface area (Å²) in [5.41, 5.74) is 0. The third kappa shape index (κ3) is 4.35. The second kappa shape index (κ2) is 7.05. The van der Waals surface area contributed by atoms with Crippen LogP contribution in [0.5, 0.6) is 0 Å². The number of carbonyl (C=O) groups excluding carboxylic acids is 1. The summed E-state index contributed by atoms with van der Waals surface area (Å²) in [6.07, 6.45) is 5.86. The Morgan fingerprint density at radius 3 is 2.74 bits per heavy atom. The molecule has 0 saturated carbocycles. The Bertz CT molecular complexity index is 621. The van der Waals surface area contributed by atoms with Gasteiger partial charge in [0.05, 0.1) is 23.8 Å². The normalized spacial score (nSPS) is 27.8. The number of rotatable bonds is 5. The topological polar surface area (TPSA) is 79.6 Å². The minimum Gasteiger partial charge on any atom is -0.469 e. The van der Waals surface area contributed by atoms with Crippen molar-refractivity contribution in [3.8, 4) is 0 Å². The molecule has 2 fully saturated rings. The van der Waals surface area contributed by atoms with Crippen LogP contribution in [0, 0.1) is 0 Å². The maximum Gasteiger partial charge on any atom is 0.220 e. The van der Waals surface area contributed by atoms with E-state index >= 15 is 0 Å². The van der Waals surface area contributed by atoms with Gasteiger partial charge in [-0.05, 0) is 38.1 Å². The molecule has 1 aromatic rings. The number of carbonyl (C=O) groups is 1. The van der Waals surface area contributed by atoms with Crippen LogP contribution in [-0.4, -0.2) is 55.9 Å². The van der Waals surface area contributed by atoms with Gasteiger partial charge in [0.1, 0.15) is 5.76 Å². The highest BCUT2D eigenvalue weighted by molar-refractivity contribution is 7.91. The summed E-state index contributed by atoms with van der Waals surface area (Å²) in [5.74, 6) is 0.883. The lowest BCUT2D eigenvalue weighted by Gasteiger charge is -2.35. The first-order chi connectivity index (χ1) is 11.0. The fraction of sp³-hybridized carbons (Fsp3) is 0.688. The van der Waals surface area contributed by atoms with Crippen molar-refractivity contribution < 1.29 is 17.6 Å². The second-order valence-corrected chi connectivity index (χ2v) is 8.65. The van der Waals surface area contributed by atoms with Crippen LogP contribution in [0.25, 0.3) is 0 Å². The molecule has 1 N–H and O–H groups in total. The first kappa shape index (κ1) is 16.5. The zero-order chi connectivity index (χ0) is 16.3. The van der Waals surface area contributed by atoms with E-state index in [1.807, 2.05) is 6.07 Å². The number of hydrogen-bond donors (Lipinski definition) is 1. The average molecular weight is 340 g/mol. The van der Waals surface area contributed by atoms with Crippen LogP contribution in [-0.2, 0) is 21.1 Å². The maximum absolute atomic E-state index is 12.2. The Kier molecular flexibility index (Phi) is 5.06. The molecule has 0 radical (unpaired) electrons. The van der Waals surface area contributed by atoms with E-state index in [1.54, 1.807) is 12.3 Å². The van der Waals surface area contributed by atoms with Gasteiger partial charge in [0, 0.05) is 18.9 Å². The molecule has 128 valence electrons. The van der Waals surface area contributed by atoms with Gasteiger partial charge in [-0.25, -0.2) is 8.42 Å². The number of nitrogens with one attached hydrogen (secondary N) is 1. The van der Waals surface area contributed by atoms with Gasteiger partial charge in [0.2, 0.25) is 5.91 Å². The molecule has 0 aliphatic carbocycles. The zero-order valence-electron chi connectivity index (χ0n) is 13.2. The van der Waals surface area contributed by atoms with E-state index in [4.69, 9.17) is 4.42 Å². The van der Waals surface area contributed by atoms with Crippen LogP contribution in [0.2, 0.25) is 0 Å². The SMILES string of the molecule is O=C(CCc1ccco1)NC1CS(=O)(=O)CC1N1CCCCC1. The fourth-order valence-electron chi connectivity index (χ4n) is 3.55. The maximum atomic E-state index is 12.2. The quantitative estimate of drug-likeness (QED) is 0.864. The number of hydrogen-bond acceptors (Lipinski definition) is 5. The van der Waals surface area contributed by atoms with Crippen LogP contribution in [0.15, 0.2) is 22.8 Å². The number of sulfone groups is 1. The van der Waals surface area contributed by atoms with Crippen molar-refractivity contribution in [3.05, 3.63) is 24.2 Å². The molecule has 1 amide bonds. The van der Waals surface area contributed by atoms with E-state index < -0.39 is 9.84 Å². The molecule has 0 aromatic carbocycles. The predicted molar refractivity (Wildman–Crippen MR) is 86.8 cm³/mol. The minimum atomic E-state index is -3.07. The number of likely N-dealkylation sites (tertiary alicyclic amines) is 1. The van der Waals surface area contributed by atoms with Crippen molar-refractivity contribution in [2.45, 2.75) is 44.2 Å². The molecular weight excluding hydrogens is 316 g/mol. The van der Waals surface area contributed by atoms with E-state index in [0.29, 0.717) is 12.8 Å². The molecule has 0 spiro atoms.